The normalized spacial score (nSPS) is 16.0. The molecule has 0 radical (unpaired) electrons. The minimum atomic E-state index is -4.75. The fourth-order valence-electron chi connectivity index (χ4n) is 2.32. The molecule has 1 aliphatic rings. The van der Waals surface area contributed by atoms with Crippen LogP contribution in [0.4, 0.5) is 18.9 Å². The second kappa shape index (κ2) is 9.31. The van der Waals surface area contributed by atoms with Crippen molar-refractivity contribution in [1.29, 1.82) is 0 Å². The fourth-order valence-corrected chi connectivity index (χ4v) is 2.32. The lowest BCUT2D eigenvalue weighted by molar-refractivity contribution is -0.274. The smallest absolute Gasteiger partial charge is 0.406 e. The van der Waals surface area contributed by atoms with Crippen molar-refractivity contribution in [2.75, 3.05) is 26.2 Å². The summed E-state index contributed by atoms with van der Waals surface area (Å²) in [6.45, 7) is 3.60. The molecule has 0 saturated carbocycles. The summed E-state index contributed by atoms with van der Waals surface area (Å²) in [5, 5.41) is 0. The van der Waals surface area contributed by atoms with Crippen LogP contribution >= 0.6 is 12.4 Å². The number of carbonyl (C=O) groups excluding carboxylic acids is 1. The fraction of sp³-hybridized carbons (Fsp3) is 0.400. The lowest BCUT2D eigenvalue weighted by Gasteiger charge is -2.34. The van der Waals surface area contributed by atoms with Crippen LogP contribution in [-0.4, -0.2) is 60.2 Å². The molecular formula is C15H20ClF3N6O2. The Morgan fingerprint density at radius 3 is 2.07 bits per heavy atom. The van der Waals surface area contributed by atoms with Gasteiger partial charge in [0.25, 0.3) is 0 Å². The van der Waals surface area contributed by atoms with Gasteiger partial charge in [0.15, 0.2) is 5.96 Å². The molecule has 1 aromatic carbocycles. The highest BCUT2D eigenvalue weighted by Crippen LogP contribution is 2.24. The van der Waals surface area contributed by atoms with Crippen LogP contribution in [0.3, 0.4) is 0 Å². The zero-order chi connectivity index (χ0) is 19.3. The standard InChI is InChI=1S/C15H19F3N6O2.ClH/c1-10(25)23-6-8-24(9-7-23)14(20)22-13(19)21-11-2-4-12(5-3-11)26-15(16,17)18;/h2-5H,6-9H2,1H3,(H4,19,20,21,22);1H. The Balaban J connectivity index is 0.00000364. The molecule has 27 heavy (non-hydrogen) atoms. The largest absolute Gasteiger partial charge is 0.573 e. The number of ether oxygens (including phenoxy) is 1. The number of aliphatic imine (C=N–C) groups is 2. The lowest BCUT2D eigenvalue weighted by Crippen LogP contribution is -2.52. The second-order valence-corrected chi connectivity index (χ2v) is 5.47. The number of benzene rings is 1. The third-order valence-corrected chi connectivity index (χ3v) is 3.59. The van der Waals surface area contributed by atoms with E-state index in [4.69, 9.17) is 11.5 Å². The average Bonchev–Trinajstić information content (AvgIpc) is 2.55. The zero-order valence-corrected chi connectivity index (χ0v) is 15.3. The van der Waals surface area contributed by atoms with Crippen molar-refractivity contribution in [3.05, 3.63) is 24.3 Å². The molecule has 0 aliphatic carbocycles. The molecule has 2 rings (SSSR count). The number of guanidine groups is 2. The van der Waals surface area contributed by atoms with Gasteiger partial charge in [-0.15, -0.1) is 25.6 Å². The van der Waals surface area contributed by atoms with Crippen molar-refractivity contribution in [2.24, 2.45) is 21.5 Å². The van der Waals surface area contributed by atoms with Gasteiger partial charge in [-0.1, -0.05) is 0 Å². The number of hydrogen-bond donors (Lipinski definition) is 2. The Kier molecular flexibility index (Phi) is 7.70. The van der Waals surface area contributed by atoms with E-state index in [2.05, 4.69) is 14.7 Å². The number of carbonyl (C=O) groups is 1. The summed E-state index contributed by atoms with van der Waals surface area (Å²) in [5.74, 6) is -0.340. The van der Waals surface area contributed by atoms with E-state index in [1.54, 1.807) is 9.80 Å². The maximum Gasteiger partial charge on any atom is 0.573 e. The Hall–Kier alpha value is -2.69. The van der Waals surface area contributed by atoms with Crippen LogP contribution in [0, 0.1) is 0 Å². The van der Waals surface area contributed by atoms with Gasteiger partial charge in [0.2, 0.25) is 11.9 Å². The van der Waals surface area contributed by atoms with Crippen LogP contribution in [0.2, 0.25) is 0 Å². The molecule has 1 amide bonds. The van der Waals surface area contributed by atoms with Crippen molar-refractivity contribution < 1.29 is 22.7 Å². The van der Waals surface area contributed by atoms with E-state index in [9.17, 15) is 18.0 Å². The summed E-state index contributed by atoms with van der Waals surface area (Å²) in [4.78, 5) is 22.7. The van der Waals surface area contributed by atoms with Crippen molar-refractivity contribution in [1.82, 2.24) is 9.80 Å². The monoisotopic (exact) mass is 408 g/mol. The Bertz CT molecular complexity index is 700. The van der Waals surface area contributed by atoms with Crippen molar-refractivity contribution in [3.63, 3.8) is 0 Å². The second-order valence-electron chi connectivity index (χ2n) is 5.47. The maximum absolute atomic E-state index is 12.1. The molecule has 1 aromatic rings. The van der Waals surface area contributed by atoms with Gasteiger partial charge in [0, 0.05) is 33.1 Å². The molecule has 1 fully saturated rings. The Labute approximate surface area is 160 Å². The first-order chi connectivity index (χ1) is 12.1. The SMILES string of the molecule is CC(=O)N1CCN(C(N)=NC(N)=Nc2ccc(OC(F)(F)F)cc2)CC1.Cl. The highest BCUT2D eigenvalue weighted by Gasteiger charge is 2.30. The van der Waals surface area contributed by atoms with Crippen LogP contribution in [-0.2, 0) is 4.79 Å². The van der Waals surface area contributed by atoms with E-state index in [1.807, 2.05) is 0 Å². The molecular weight excluding hydrogens is 389 g/mol. The minimum Gasteiger partial charge on any atom is -0.406 e. The Morgan fingerprint density at radius 1 is 1.07 bits per heavy atom. The highest BCUT2D eigenvalue weighted by molar-refractivity contribution is 5.94. The van der Waals surface area contributed by atoms with E-state index in [0.29, 0.717) is 31.9 Å². The summed E-state index contributed by atoms with van der Waals surface area (Å²) < 4.78 is 40.1. The summed E-state index contributed by atoms with van der Waals surface area (Å²) in [5.41, 5.74) is 11.9. The first kappa shape index (κ1) is 22.4. The van der Waals surface area contributed by atoms with Crippen LogP contribution in [0.25, 0.3) is 0 Å². The number of rotatable bonds is 2. The molecule has 0 bridgehead atoms. The van der Waals surface area contributed by atoms with Gasteiger partial charge in [-0.25, -0.2) is 4.99 Å². The first-order valence-corrected chi connectivity index (χ1v) is 7.68. The Morgan fingerprint density at radius 2 is 1.59 bits per heavy atom. The van der Waals surface area contributed by atoms with Crippen LogP contribution < -0.4 is 16.2 Å². The van der Waals surface area contributed by atoms with E-state index in [0.717, 1.165) is 12.1 Å². The molecule has 1 heterocycles. The molecule has 0 spiro atoms. The minimum absolute atomic E-state index is 0. The number of alkyl halides is 3. The average molecular weight is 409 g/mol. The number of nitrogens with zero attached hydrogens (tertiary/aromatic N) is 4. The zero-order valence-electron chi connectivity index (χ0n) is 14.4. The summed E-state index contributed by atoms with van der Waals surface area (Å²) >= 11 is 0. The van der Waals surface area contributed by atoms with Gasteiger partial charge in [-0.3, -0.25) is 4.79 Å². The number of amides is 1. The molecule has 4 N–H and O–H groups in total. The lowest BCUT2D eigenvalue weighted by atomic mass is 10.3. The number of piperazine rings is 1. The number of halogens is 4. The third-order valence-electron chi connectivity index (χ3n) is 3.59. The number of nitrogens with two attached hydrogens (primary N) is 2. The van der Waals surface area contributed by atoms with Gasteiger partial charge >= 0.3 is 6.36 Å². The van der Waals surface area contributed by atoms with Crippen LogP contribution in [0.1, 0.15) is 6.92 Å². The summed E-state index contributed by atoms with van der Waals surface area (Å²) in [7, 11) is 0. The molecule has 150 valence electrons. The van der Waals surface area contributed by atoms with Gasteiger partial charge in [0.05, 0.1) is 5.69 Å². The predicted molar refractivity (Wildman–Crippen MR) is 97.1 cm³/mol. The third kappa shape index (κ3) is 7.21. The molecule has 0 atom stereocenters. The van der Waals surface area contributed by atoms with Crippen LogP contribution in [0.5, 0.6) is 5.75 Å². The van der Waals surface area contributed by atoms with Gasteiger partial charge in [0.1, 0.15) is 5.75 Å². The summed E-state index contributed by atoms with van der Waals surface area (Å²) in [6, 6.07) is 4.86. The van der Waals surface area contributed by atoms with Crippen LogP contribution in [0.15, 0.2) is 34.3 Å². The van der Waals surface area contributed by atoms with E-state index in [1.165, 1.54) is 19.1 Å². The van der Waals surface area contributed by atoms with E-state index in [-0.39, 0.29) is 36.0 Å². The van der Waals surface area contributed by atoms with Gasteiger partial charge in [-0.05, 0) is 24.3 Å². The molecule has 8 nitrogen and oxygen atoms in total. The topological polar surface area (TPSA) is 110 Å². The van der Waals surface area contributed by atoms with E-state index >= 15 is 0 Å². The molecule has 0 unspecified atom stereocenters. The maximum atomic E-state index is 12.1. The van der Waals surface area contributed by atoms with Crippen molar-refractivity contribution in [3.8, 4) is 5.75 Å². The molecule has 0 aromatic heterocycles. The first-order valence-electron chi connectivity index (χ1n) is 7.68. The molecule has 1 aliphatic heterocycles. The quantitative estimate of drug-likeness (QED) is 0.568. The number of hydrogen-bond acceptors (Lipinski definition) is 3. The van der Waals surface area contributed by atoms with Crippen molar-refractivity contribution in [2.45, 2.75) is 13.3 Å². The molecule has 12 heteroatoms. The van der Waals surface area contributed by atoms with Crippen molar-refractivity contribution >= 4 is 35.9 Å². The summed E-state index contributed by atoms with van der Waals surface area (Å²) in [6.07, 6.45) is -4.75. The van der Waals surface area contributed by atoms with Gasteiger partial charge in [-0.2, -0.15) is 4.99 Å². The molecule has 1 saturated heterocycles. The van der Waals surface area contributed by atoms with E-state index < -0.39 is 6.36 Å². The highest BCUT2D eigenvalue weighted by atomic mass is 35.5. The predicted octanol–water partition coefficient (Wildman–Crippen LogP) is 1.43. The van der Waals surface area contributed by atoms with Gasteiger partial charge < -0.3 is 26.0 Å².